The van der Waals surface area contributed by atoms with Crippen LogP contribution in [0.3, 0.4) is 0 Å². The number of hydrogen-bond acceptors (Lipinski definition) is 3. The van der Waals surface area contributed by atoms with Crippen molar-refractivity contribution in [2.45, 2.75) is 46.6 Å². The normalized spacial score (nSPS) is 12.1. The standard InChI is InChI=1S/C11H21NO3/c1-10(2,3)15-9(14)12-8-11(4,5)6-7-13/h7H,6,8H2,1-5H3,(H,12,14). The molecule has 0 aromatic heterocycles. The van der Waals surface area contributed by atoms with Gasteiger partial charge in [0, 0.05) is 13.0 Å². The molecule has 15 heavy (non-hydrogen) atoms. The van der Waals surface area contributed by atoms with Gasteiger partial charge in [0.15, 0.2) is 0 Å². The largest absolute Gasteiger partial charge is 0.444 e. The van der Waals surface area contributed by atoms with Crippen molar-refractivity contribution in [2.24, 2.45) is 5.41 Å². The van der Waals surface area contributed by atoms with Gasteiger partial charge in [-0.25, -0.2) is 4.79 Å². The Bertz CT molecular complexity index is 228. The van der Waals surface area contributed by atoms with Gasteiger partial charge < -0.3 is 14.8 Å². The van der Waals surface area contributed by atoms with E-state index in [1.54, 1.807) is 0 Å². The van der Waals surface area contributed by atoms with Crippen LogP contribution in [0.15, 0.2) is 0 Å². The average molecular weight is 215 g/mol. The average Bonchev–Trinajstić information content (AvgIpc) is 1.98. The molecule has 0 aromatic carbocycles. The van der Waals surface area contributed by atoms with Crippen LogP contribution in [0.2, 0.25) is 0 Å². The van der Waals surface area contributed by atoms with E-state index >= 15 is 0 Å². The fourth-order valence-electron chi connectivity index (χ4n) is 0.923. The van der Waals surface area contributed by atoms with E-state index in [-0.39, 0.29) is 5.41 Å². The lowest BCUT2D eigenvalue weighted by atomic mass is 9.90. The van der Waals surface area contributed by atoms with E-state index < -0.39 is 11.7 Å². The minimum absolute atomic E-state index is 0.224. The minimum atomic E-state index is -0.487. The van der Waals surface area contributed by atoms with Gasteiger partial charge in [-0.2, -0.15) is 0 Å². The molecule has 0 unspecified atom stereocenters. The van der Waals surface area contributed by atoms with Gasteiger partial charge in [0.25, 0.3) is 0 Å². The van der Waals surface area contributed by atoms with Gasteiger partial charge in [-0.05, 0) is 26.2 Å². The van der Waals surface area contributed by atoms with Gasteiger partial charge in [-0.1, -0.05) is 13.8 Å². The fourth-order valence-corrected chi connectivity index (χ4v) is 0.923. The summed E-state index contributed by atoms with van der Waals surface area (Å²) in [6, 6.07) is 0. The number of alkyl carbamates (subject to hydrolysis) is 1. The zero-order valence-corrected chi connectivity index (χ0v) is 10.2. The molecular formula is C11H21NO3. The number of amides is 1. The molecule has 0 heterocycles. The maximum Gasteiger partial charge on any atom is 0.407 e. The van der Waals surface area contributed by atoms with E-state index in [0.717, 1.165) is 6.29 Å². The van der Waals surface area contributed by atoms with Crippen LogP contribution in [0.25, 0.3) is 0 Å². The lowest BCUT2D eigenvalue weighted by Gasteiger charge is -2.24. The molecule has 1 N–H and O–H groups in total. The van der Waals surface area contributed by atoms with Crippen molar-refractivity contribution in [3.05, 3.63) is 0 Å². The summed E-state index contributed by atoms with van der Waals surface area (Å²) in [5.41, 5.74) is -0.711. The Morgan fingerprint density at radius 3 is 2.20 bits per heavy atom. The highest BCUT2D eigenvalue weighted by Gasteiger charge is 2.21. The Morgan fingerprint density at radius 1 is 1.27 bits per heavy atom. The van der Waals surface area contributed by atoms with Crippen molar-refractivity contribution in [1.29, 1.82) is 0 Å². The van der Waals surface area contributed by atoms with Crippen molar-refractivity contribution < 1.29 is 14.3 Å². The van der Waals surface area contributed by atoms with Gasteiger partial charge in [0.1, 0.15) is 11.9 Å². The summed E-state index contributed by atoms with van der Waals surface area (Å²) in [7, 11) is 0. The third-order valence-electron chi connectivity index (χ3n) is 1.75. The summed E-state index contributed by atoms with van der Waals surface area (Å²) >= 11 is 0. The molecule has 4 nitrogen and oxygen atoms in total. The van der Waals surface area contributed by atoms with Gasteiger partial charge >= 0.3 is 6.09 Å². The topological polar surface area (TPSA) is 55.4 Å². The van der Waals surface area contributed by atoms with Gasteiger partial charge in [0.05, 0.1) is 0 Å². The summed E-state index contributed by atoms with van der Waals surface area (Å²) in [4.78, 5) is 21.6. The van der Waals surface area contributed by atoms with E-state index in [1.165, 1.54) is 0 Å². The van der Waals surface area contributed by atoms with Crippen LogP contribution < -0.4 is 5.32 Å². The fraction of sp³-hybridized carbons (Fsp3) is 0.818. The highest BCUT2D eigenvalue weighted by atomic mass is 16.6. The summed E-state index contributed by atoms with van der Waals surface area (Å²) in [5.74, 6) is 0. The second-order valence-corrected chi connectivity index (χ2v) is 5.39. The molecule has 88 valence electrons. The molecule has 0 radical (unpaired) electrons. The molecule has 0 aliphatic carbocycles. The first-order valence-corrected chi connectivity index (χ1v) is 5.07. The van der Waals surface area contributed by atoms with Crippen LogP contribution in [0.1, 0.15) is 41.0 Å². The predicted octanol–water partition coefficient (Wildman–Crippen LogP) is 2.13. The molecule has 0 saturated carbocycles. The van der Waals surface area contributed by atoms with Gasteiger partial charge in [-0.3, -0.25) is 0 Å². The van der Waals surface area contributed by atoms with Crippen molar-refractivity contribution in [3.8, 4) is 0 Å². The quantitative estimate of drug-likeness (QED) is 0.731. The number of carbonyl (C=O) groups excluding carboxylic acids is 2. The number of rotatable bonds is 4. The maximum absolute atomic E-state index is 11.3. The minimum Gasteiger partial charge on any atom is -0.444 e. The summed E-state index contributed by atoms with van der Waals surface area (Å²) in [6.07, 6.45) is 0.834. The third kappa shape index (κ3) is 7.97. The van der Waals surface area contributed by atoms with E-state index in [4.69, 9.17) is 4.74 Å². The predicted molar refractivity (Wildman–Crippen MR) is 58.7 cm³/mol. The Kier molecular flexibility index (Phi) is 4.78. The Morgan fingerprint density at radius 2 is 1.80 bits per heavy atom. The van der Waals surface area contributed by atoms with Crippen LogP contribution in [0, 0.1) is 5.41 Å². The van der Waals surface area contributed by atoms with Gasteiger partial charge in [-0.15, -0.1) is 0 Å². The monoisotopic (exact) mass is 215 g/mol. The summed E-state index contributed by atoms with van der Waals surface area (Å²) in [5, 5.41) is 2.64. The molecule has 0 atom stereocenters. The van der Waals surface area contributed by atoms with Crippen LogP contribution in [-0.2, 0) is 9.53 Å². The number of nitrogens with one attached hydrogen (secondary N) is 1. The molecule has 0 saturated heterocycles. The SMILES string of the molecule is CC(C)(CC=O)CNC(=O)OC(C)(C)C. The lowest BCUT2D eigenvalue weighted by molar-refractivity contribution is -0.109. The molecule has 1 amide bonds. The van der Waals surface area contributed by atoms with Crippen LogP contribution in [0.5, 0.6) is 0 Å². The zero-order valence-electron chi connectivity index (χ0n) is 10.2. The zero-order chi connectivity index (χ0) is 12.1. The smallest absolute Gasteiger partial charge is 0.407 e. The first-order valence-electron chi connectivity index (χ1n) is 5.07. The number of aldehydes is 1. The van der Waals surface area contributed by atoms with Crippen LogP contribution in [-0.4, -0.2) is 24.5 Å². The summed E-state index contributed by atoms with van der Waals surface area (Å²) < 4.78 is 5.07. The van der Waals surface area contributed by atoms with E-state index in [2.05, 4.69) is 5.32 Å². The second kappa shape index (κ2) is 5.14. The van der Waals surface area contributed by atoms with Crippen LogP contribution >= 0.6 is 0 Å². The molecule has 0 fully saturated rings. The Labute approximate surface area is 91.4 Å². The maximum atomic E-state index is 11.3. The van der Waals surface area contributed by atoms with Crippen LogP contribution in [0.4, 0.5) is 4.79 Å². The van der Waals surface area contributed by atoms with E-state index in [1.807, 2.05) is 34.6 Å². The molecule has 0 bridgehead atoms. The van der Waals surface area contributed by atoms with E-state index in [9.17, 15) is 9.59 Å². The van der Waals surface area contributed by atoms with E-state index in [0.29, 0.717) is 13.0 Å². The molecule has 0 aliphatic heterocycles. The molecule has 0 spiro atoms. The highest BCUT2D eigenvalue weighted by Crippen LogP contribution is 2.17. The number of carbonyl (C=O) groups is 2. The number of hydrogen-bond donors (Lipinski definition) is 1. The van der Waals surface area contributed by atoms with Gasteiger partial charge in [0.2, 0.25) is 0 Å². The second-order valence-electron chi connectivity index (χ2n) is 5.39. The van der Waals surface area contributed by atoms with Crippen molar-refractivity contribution in [2.75, 3.05) is 6.54 Å². The molecule has 0 aromatic rings. The van der Waals surface area contributed by atoms with Crippen molar-refractivity contribution in [3.63, 3.8) is 0 Å². The first-order chi connectivity index (χ1) is 6.66. The Hall–Kier alpha value is -1.06. The Balaban J connectivity index is 3.95. The molecule has 0 aliphatic rings. The summed E-state index contributed by atoms with van der Waals surface area (Å²) in [6.45, 7) is 9.69. The molecular weight excluding hydrogens is 194 g/mol. The molecule has 0 rings (SSSR count). The highest BCUT2D eigenvalue weighted by molar-refractivity contribution is 5.67. The lowest BCUT2D eigenvalue weighted by Crippen LogP contribution is -2.38. The number of ether oxygens (including phenoxy) is 1. The van der Waals surface area contributed by atoms with Crippen molar-refractivity contribution >= 4 is 12.4 Å². The van der Waals surface area contributed by atoms with Crippen molar-refractivity contribution in [1.82, 2.24) is 5.32 Å². The molecule has 4 heteroatoms. The third-order valence-corrected chi connectivity index (χ3v) is 1.75. The first kappa shape index (κ1) is 13.9.